The summed E-state index contributed by atoms with van der Waals surface area (Å²) in [6, 6.07) is 9.20. The minimum absolute atomic E-state index is 0.0777. The molecule has 0 bridgehead atoms. The predicted molar refractivity (Wildman–Crippen MR) is 101 cm³/mol. The zero-order valence-corrected chi connectivity index (χ0v) is 15.7. The molecule has 7 nitrogen and oxygen atoms in total. The van der Waals surface area contributed by atoms with Crippen LogP contribution in [0.25, 0.3) is 0 Å². The molecular formula is C19H25FN4O3. The molecule has 1 aromatic heterocycles. The number of aromatic nitrogens is 1. The number of halogens is 1. The maximum absolute atomic E-state index is 13.1. The lowest BCUT2D eigenvalue weighted by Gasteiger charge is -2.25. The number of carbonyl (C=O) groups excluding carboxylic acids is 1. The number of hydrogen-bond donors (Lipinski definition) is 2. The third-order valence-corrected chi connectivity index (χ3v) is 3.87. The molecule has 0 saturated heterocycles. The summed E-state index contributed by atoms with van der Waals surface area (Å²) in [6.45, 7) is 1.26. The Kier molecular flexibility index (Phi) is 7.97. The zero-order chi connectivity index (χ0) is 19.6. The molecule has 1 heterocycles. The lowest BCUT2D eigenvalue weighted by atomic mass is 10.1. The number of nitrogens with zero attached hydrogens (tertiary/aromatic N) is 2. The summed E-state index contributed by atoms with van der Waals surface area (Å²) >= 11 is 0. The van der Waals surface area contributed by atoms with Gasteiger partial charge >= 0.3 is 6.03 Å². The van der Waals surface area contributed by atoms with Gasteiger partial charge in [0.15, 0.2) is 0 Å². The van der Waals surface area contributed by atoms with Gasteiger partial charge in [0.25, 0.3) is 0 Å². The molecule has 0 saturated carbocycles. The lowest BCUT2D eigenvalue weighted by molar-refractivity contribution is 0.144. The number of ether oxygens (including phenoxy) is 2. The van der Waals surface area contributed by atoms with Crippen molar-refractivity contribution < 1.29 is 18.7 Å². The Morgan fingerprint density at radius 1 is 1.19 bits per heavy atom. The quantitative estimate of drug-likeness (QED) is 0.658. The molecular weight excluding hydrogens is 351 g/mol. The summed E-state index contributed by atoms with van der Waals surface area (Å²) in [4.78, 5) is 18.2. The van der Waals surface area contributed by atoms with Crippen molar-refractivity contribution in [2.24, 2.45) is 0 Å². The highest BCUT2D eigenvalue weighted by molar-refractivity contribution is 5.89. The number of methoxy groups -OCH3 is 1. The third-order valence-electron chi connectivity index (χ3n) is 3.87. The predicted octanol–water partition coefficient (Wildman–Crippen LogP) is 2.67. The normalized spacial score (nSPS) is 11.9. The number of benzene rings is 1. The van der Waals surface area contributed by atoms with Gasteiger partial charge < -0.3 is 25.0 Å². The third kappa shape index (κ3) is 6.84. The summed E-state index contributed by atoms with van der Waals surface area (Å²) in [5.74, 6) is 0.172. The van der Waals surface area contributed by atoms with Gasteiger partial charge in [-0.25, -0.2) is 14.2 Å². The van der Waals surface area contributed by atoms with E-state index < -0.39 is 0 Å². The number of nitrogens with one attached hydrogen (secondary N) is 2. The molecule has 2 amide bonds. The number of likely N-dealkylation sites (N-methyl/N-ethyl adjacent to an activating group) is 1. The van der Waals surface area contributed by atoms with Crippen LogP contribution in [0.2, 0.25) is 0 Å². The maximum Gasteiger partial charge on any atom is 0.319 e. The first-order valence-corrected chi connectivity index (χ1v) is 8.54. The number of anilines is 1. The zero-order valence-electron chi connectivity index (χ0n) is 15.7. The van der Waals surface area contributed by atoms with Gasteiger partial charge in [0.1, 0.15) is 12.4 Å². The molecule has 27 heavy (non-hydrogen) atoms. The summed E-state index contributed by atoms with van der Waals surface area (Å²) in [7, 11) is 5.40. The van der Waals surface area contributed by atoms with Gasteiger partial charge in [-0.05, 0) is 37.9 Å². The molecule has 0 aliphatic heterocycles. The van der Waals surface area contributed by atoms with Crippen LogP contribution in [0.4, 0.5) is 14.9 Å². The van der Waals surface area contributed by atoms with Crippen LogP contribution >= 0.6 is 0 Å². The van der Waals surface area contributed by atoms with Crippen molar-refractivity contribution >= 4 is 11.7 Å². The topological polar surface area (TPSA) is 75.7 Å². The van der Waals surface area contributed by atoms with Crippen LogP contribution < -0.4 is 15.4 Å². The van der Waals surface area contributed by atoms with E-state index in [9.17, 15) is 9.18 Å². The molecule has 0 spiro atoms. The van der Waals surface area contributed by atoms with E-state index in [2.05, 4.69) is 15.6 Å². The van der Waals surface area contributed by atoms with Crippen LogP contribution in [0.1, 0.15) is 11.6 Å². The number of carbonyl (C=O) groups is 1. The van der Waals surface area contributed by atoms with Crippen molar-refractivity contribution in [2.45, 2.75) is 6.04 Å². The van der Waals surface area contributed by atoms with Gasteiger partial charge in [0.2, 0.25) is 5.88 Å². The molecule has 0 aliphatic rings. The Bertz CT molecular complexity index is 708. The Balaban J connectivity index is 1.86. The molecule has 146 valence electrons. The highest BCUT2D eigenvalue weighted by Crippen LogP contribution is 2.18. The summed E-state index contributed by atoms with van der Waals surface area (Å²) in [5.41, 5.74) is 1.47. The highest BCUT2D eigenvalue weighted by atomic mass is 19.1. The molecule has 1 aromatic carbocycles. The number of rotatable bonds is 9. The number of amides is 2. The van der Waals surface area contributed by atoms with Gasteiger partial charge in [0.05, 0.1) is 24.5 Å². The molecule has 0 radical (unpaired) electrons. The van der Waals surface area contributed by atoms with Crippen LogP contribution in [0.15, 0.2) is 42.6 Å². The van der Waals surface area contributed by atoms with Gasteiger partial charge in [0, 0.05) is 19.7 Å². The average molecular weight is 376 g/mol. The Hall–Kier alpha value is -2.71. The van der Waals surface area contributed by atoms with E-state index in [-0.39, 0.29) is 17.9 Å². The van der Waals surface area contributed by atoms with Crippen LogP contribution in [0.3, 0.4) is 0 Å². The van der Waals surface area contributed by atoms with E-state index in [1.165, 1.54) is 18.3 Å². The van der Waals surface area contributed by atoms with E-state index >= 15 is 0 Å². The Labute approximate surface area is 158 Å². The molecule has 1 atom stereocenters. The number of urea groups is 1. The second kappa shape index (κ2) is 10.4. The van der Waals surface area contributed by atoms with Crippen LogP contribution in [0.5, 0.6) is 5.88 Å². The summed E-state index contributed by atoms with van der Waals surface area (Å²) in [5, 5.41) is 5.54. The smallest absolute Gasteiger partial charge is 0.319 e. The molecule has 2 aromatic rings. The van der Waals surface area contributed by atoms with Gasteiger partial charge in [-0.3, -0.25) is 0 Å². The van der Waals surface area contributed by atoms with Crippen LogP contribution in [0, 0.1) is 5.82 Å². The lowest BCUT2D eigenvalue weighted by Crippen LogP contribution is -2.36. The SMILES string of the molecule is COCCOc1ccc(NC(=O)NCC(c2ccc(F)cc2)N(C)C)cn1. The van der Waals surface area contributed by atoms with Crippen LogP contribution in [-0.4, -0.2) is 56.9 Å². The van der Waals surface area contributed by atoms with Crippen LogP contribution in [-0.2, 0) is 4.74 Å². The Morgan fingerprint density at radius 2 is 1.93 bits per heavy atom. The molecule has 1 unspecified atom stereocenters. The second-order valence-electron chi connectivity index (χ2n) is 6.09. The molecule has 0 aliphatic carbocycles. The minimum Gasteiger partial charge on any atom is -0.475 e. The standard InChI is InChI=1S/C19H25FN4O3/c1-24(2)17(14-4-6-15(20)7-5-14)13-22-19(25)23-16-8-9-18(21-12-16)27-11-10-26-3/h4-9,12,17H,10-11,13H2,1-3H3,(H2,22,23,25). The first-order chi connectivity index (χ1) is 13.0. The van der Waals surface area contributed by atoms with Crippen molar-refractivity contribution in [1.82, 2.24) is 15.2 Å². The second-order valence-corrected chi connectivity index (χ2v) is 6.09. The van der Waals surface area contributed by atoms with Crippen molar-refractivity contribution in [3.05, 3.63) is 54.0 Å². The van der Waals surface area contributed by atoms with Crippen molar-refractivity contribution in [1.29, 1.82) is 0 Å². The first kappa shape index (κ1) is 20.6. The van der Waals surface area contributed by atoms with Crippen molar-refractivity contribution in [3.63, 3.8) is 0 Å². The van der Waals surface area contributed by atoms with E-state index in [0.717, 1.165) is 5.56 Å². The highest BCUT2D eigenvalue weighted by Gasteiger charge is 2.15. The van der Waals surface area contributed by atoms with E-state index in [4.69, 9.17) is 9.47 Å². The van der Waals surface area contributed by atoms with E-state index in [1.807, 2.05) is 19.0 Å². The largest absolute Gasteiger partial charge is 0.475 e. The summed E-state index contributed by atoms with van der Waals surface area (Å²) in [6.07, 6.45) is 1.52. The Morgan fingerprint density at radius 3 is 2.52 bits per heavy atom. The average Bonchev–Trinajstić information content (AvgIpc) is 2.65. The fourth-order valence-corrected chi connectivity index (χ4v) is 2.42. The minimum atomic E-state index is -0.348. The first-order valence-electron chi connectivity index (χ1n) is 8.54. The van der Waals surface area contributed by atoms with E-state index in [1.54, 1.807) is 31.4 Å². The number of hydrogen-bond acceptors (Lipinski definition) is 5. The maximum atomic E-state index is 13.1. The van der Waals surface area contributed by atoms with E-state index in [0.29, 0.717) is 31.3 Å². The van der Waals surface area contributed by atoms with Crippen molar-refractivity contribution in [3.8, 4) is 5.88 Å². The van der Waals surface area contributed by atoms with Crippen molar-refractivity contribution in [2.75, 3.05) is 46.3 Å². The molecule has 0 fully saturated rings. The molecule has 8 heteroatoms. The number of pyridine rings is 1. The molecule has 2 N–H and O–H groups in total. The fraction of sp³-hybridized carbons (Fsp3) is 0.368. The van der Waals surface area contributed by atoms with Gasteiger partial charge in [-0.1, -0.05) is 12.1 Å². The summed E-state index contributed by atoms with van der Waals surface area (Å²) < 4.78 is 23.4. The fourth-order valence-electron chi connectivity index (χ4n) is 2.42. The molecule has 2 rings (SSSR count). The van der Waals surface area contributed by atoms with Gasteiger partial charge in [-0.15, -0.1) is 0 Å². The monoisotopic (exact) mass is 376 g/mol. The van der Waals surface area contributed by atoms with Gasteiger partial charge in [-0.2, -0.15) is 0 Å².